The molecule has 0 bridgehead atoms. The summed E-state index contributed by atoms with van der Waals surface area (Å²) < 4.78 is 4.69. The molecule has 2 aliphatic heterocycles. The molecule has 0 aromatic carbocycles. The number of methoxy groups -OCH3 is 1. The normalized spacial score (nSPS) is 36.0. The smallest absolute Gasteiger partial charge is 0.331 e. The molecule has 2 heterocycles. The van der Waals surface area contributed by atoms with E-state index < -0.39 is 17.6 Å². The minimum Gasteiger partial charge on any atom is -0.467 e. The van der Waals surface area contributed by atoms with Crippen LogP contribution in [0.15, 0.2) is 0 Å². The van der Waals surface area contributed by atoms with Gasteiger partial charge in [-0.1, -0.05) is 0 Å². The molecule has 1 N–H and O–H groups in total. The fraction of sp³-hybridized carbons (Fsp3) is 0.778. The van der Waals surface area contributed by atoms with E-state index in [2.05, 4.69) is 0 Å². The number of rotatable bonds is 1. The number of aliphatic hydroxyl groups is 1. The number of carbonyl (C=O) groups excluding carboxylic acids is 2. The summed E-state index contributed by atoms with van der Waals surface area (Å²) in [5, 5.41) is 9.41. The van der Waals surface area contributed by atoms with Crippen molar-refractivity contribution in [1.82, 2.24) is 4.90 Å². The van der Waals surface area contributed by atoms with E-state index in [1.807, 2.05) is 0 Å². The molecular weight excluding hydrogens is 186 g/mol. The standard InChI is InChI=1S/C9H13NO4/c1-14-8(13)9-3-2-4-10(9)7(12)6(11)5-9/h6,11H,2-5H2,1H3/t6-,9-/m0/s1. The zero-order valence-corrected chi connectivity index (χ0v) is 8.02. The van der Waals surface area contributed by atoms with E-state index in [9.17, 15) is 14.7 Å². The van der Waals surface area contributed by atoms with Crippen molar-refractivity contribution < 1.29 is 19.4 Å². The first kappa shape index (κ1) is 9.45. The number of carbonyl (C=O) groups is 2. The van der Waals surface area contributed by atoms with E-state index in [0.717, 1.165) is 6.42 Å². The molecular formula is C9H13NO4. The fourth-order valence-electron chi connectivity index (χ4n) is 2.48. The Bertz CT molecular complexity index is 291. The highest BCUT2D eigenvalue weighted by Gasteiger charge is 2.58. The lowest BCUT2D eigenvalue weighted by molar-refractivity contribution is -0.155. The lowest BCUT2D eigenvalue weighted by Gasteiger charge is -2.27. The van der Waals surface area contributed by atoms with Gasteiger partial charge >= 0.3 is 5.97 Å². The Kier molecular flexibility index (Phi) is 1.99. The lowest BCUT2D eigenvalue weighted by Crippen LogP contribution is -2.47. The summed E-state index contributed by atoms with van der Waals surface area (Å²) in [4.78, 5) is 24.5. The molecule has 0 aromatic heterocycles. The van der Waals surface area contributed by atoms with Crippen LogP contribution in [-0.4, -0.2) is 47.2 Å². The third-order valence-corrected chi connectivity index (χ3v) is 3.14. The van der Waals surface area contributed by atoms with Crippen LogP contribution in [0.2, 0.25) is 0 Å². The highest BCUT2D eigenvalue weighted by Crippen LogP contribution is 2.40. The Labute approximate surface area is 81.6 Å². The van der Waals surface area contributed by atoms with Crippen LogP contribution in [0.3, 0.4) is 0 Å². The first-order valence-corrected chi connectivity index (χ1v) is 4.70. The average molecular weight is 199 g/mol. The third kappa shape index (κ3) is 0.987. The number of esters is 1. The molecule has 2 atom stereocenters. The zero-order chi connectivity index (χ0) is 10.3. The Balaban J connectivity index is 2.33. The molecule has 2 aliphatic rings. The second-order valence-corrected chi connectivity index (χ2v) is 3.84. The predicted octanol–water partition coefficient (Wildman–Crippen LogP) is -0.715. The van der Waals surface area contributed by atoms with Crippen molar-refractivity contribution in [2.24, 2.45) is 0 Å². The molecule has 0 unspecified atom stereocenters. The van der Waals surface area contributed by atoms with Crippen molar-refractivity contribution in [3.63, 3.8) is 0 Å². The first-order chi connectivity index (χ1) is 6.62. The molecule has 5 nitrogen and oxygen atoms in total. The van der Waals surface area contributed by atoms with E-state index in [4.69, 9.17) is 4.74 Å². The van der Waals surface area contributed by atoms with Gasteiger partial charge in [0.25, 0.3) is 5.91 Å². The van der Waals surface area contributed by atoms with Crippen LogP contribution >= 0.6 is 0 Å². The molecule has 0 saturated carbocycles. The topological polar surface area (TPSA) is 66.8 Å². The molecule has 2 rings (SSSR count). The lowest BCUT2D eigenvalue weighted by atomic mass is 9.93. The highest BCUT2D eigenvalue weighted by molar-refractivity contribution is 5.94. The van der Waals surface area contributed by atoms with Crippen LogP contribution in [0, 0.1) is 0 Å². The van der Waals surface area contributed by atoms with Gasteiger partial charge in [0.05, 0.1) is 7.11 Å². The summed E-state index contributed by atoms with van der Waals surface area (Å²) in [6, 6.07) is 0. The quantitative estimate of drug-likeness (QED) is 0.566. The molecule has 1 amide bonds. The summed E-state index contributed by atoms with van der Waals surface area (Å²) in [5.74, 6) is -0.743. The molecule has 14 heavy (non-hydrogen) atoms. The number of nitrogens with zero attached hydrogens (tertiary/aromatic N) is 1. The molecule has 0 radical (unpaired) electrons. The van der Waals surface area contributed by atoms with E-state index in [-0.39, 0.29) is 12.3 Å². The maximum absolute atomic E-state index is 11.6. The predicted molar refractivity (Wildman–Crippen MR) is 46.3 cm³/mol. The van der Waals surface area contributed by atoms with E-state index >= 15 is 0 Å². The van der Waals surface area contributed by atoms with Crippen LogP contribution in [0.5, 0.6) is 0 Å². The second kappa shape index (κ2) is 2.95. The summed E-state index contributed by atoms with van der Waals surface area (Å²) in [6.07, 6.45) is 0.545. The maximum atomic E-state index is 11.6. The van der Waals surface area contributed by atoms with Gasteiger partial charge in [-0.15, -0.1) is 0 Å². The van der Waals surface area contributed by atoms with Crippen molar-refractivity contribution in [1.29, 1.82) is 0 Å². The monoisotopic (exact) mass is 199 g/mol. The van der Waals surface area contributed by atoms with Crippen molar-refractivity contribution in [2.75, 3.05) is 13.7 Å². The van der Waals surface area contributed by atoms with E-state index in [1.54, 1.807) is 0 Å². The van der Waals surface area contributed by atoms with E-state index in [0.29, 0.717) is 13.0 Å². The summed E-state index contributed by atoms with van der Waals surface area (Å²) in [5.41, 5.74) is -0.870. The van der Waals surface area contributed by atoms with Crippen LogP contribution in [0.1, 0.15) is 19.3 Å². The van der Waals surface area contributed by atoms with Crippen LogP contribution < -0.4 is 0 Å². The molecule has 0 aliphatic carbocycles. The van der Waals surface area contributed by atoms with Gasteiger partial charge in [0.15, 0.2) is 0 Å². The van der Waals surface area contributed by atoms with Gasteiger partial charge in [0.2, 0.25) is 0 Å². The van der Waals surface area contributed by atoms with Gasteiger partial charge in [-0.3, -0.25) is 4.79 Å². The summed E-state index contributed by atoms with van der Waals surface area (Å²) in [6.45, 7) is 0.547. The first-order valence-electron chi connectivity index (χ1n) is 4.70. The molecule has 0 aromatic rings. The molecule has 2 fully saturated rings. The Morgan fingerprint density at radius 3 is 3.07 bits per heavy atom. The largest absolute Gasteiger partial charge is 0.467 e. The third-order valence-electron chi connectivity index (χ3n) is 3.14. The molecule has 2 saturated heterocycles. The second-order valence-electron chi connectivity index (χ2n) is 3.84. The van der Waals surface area contributed by atoms with Crippen LogP contribution in [0.4, 0.5) is 0 Å². The van der Waals surface area contributed by atoms with Gasteiger partial charge in [-0.2, -0.15) is 0 Å². The summed E-state index contributed by atoms with van der Waals surface area (Å²) >= 11 is 0. The van der Waals surface area contributed by atoms with Crippen molar-refractivity contribution in [3.8, 4) is 0 Å². The number of aliphatic hydroxyl groups excluding tert-OH is 1. The minimum atomic E-state index is -1.03. The number of hydrogen-bond acceptors (Lipinski definition) is 4. The number of ether oxygens (including phenoxy) is 1. The van der Waals surface area contributed by atoms with Gasteiger partial charge in [0, 0.05) is 13.0 Å². The van der Waals surface area contributed by atoms with E-state index in [1.165, 1.54) is 12.0 Å². The fourth-order valence-corrected chi connectivity index (χ4v) is 2.48. The van der Waals surface area contributed by atoms with Gasteiger partial charge in [-0.05, 0) is 12.8 Å². The Morgan fingerprint density at radius 2 is 2.43 bits per heavy atom. The molecule has 0 spiro atoms. The average Bonchev–Trinajstić information content (AvgIpc) is 2.68. The Morgan fingerprint density at radius 1 is 1.71 bits per heavy atom. The van der Waals surface area contributed by atoms with Crippen molar-refractivity contribution in [2.45, 2.75) is 30.9 Å². The number of fused-ring (bicyclic) bond motifs is 1. The van der Waals surface area contributed by atoms with Crippen LogP contribution in [-0.2, 0) is 14.3 Å². The molecule has 5 heteroatoms. The van der Waals surface area contributed by atoms with Crippen molar-refractivity contribution >= 4 is 11.9 Å². The minimum absolute atomic E-state index is 0.179. The highest BCUT2D eigenvalue weighted by atomic mass is 16.5. The van der Waals surface area contributed by atoms with Gasteiger partial charge < -0.3 is 14.7 Å². The van der Waals surface area contributed by atoms with Crippen LogP contribution in [0.25, 0.3) is 0 Å². The molecule has 78 valence electrons. The number of hydrogen-bond donors (Lipinski definition) is 1. The maximum Gasteiger partial charge on any atom is 0.331 e. The number of amides is 1. The zero-order valence-electron chi connectivity index (χ0n) is 8.02. The Hall–Kier alpha value is -1.10. The van der Waals surface area contributed by atoms with Crippen molar-refractivity contribution in [3.05, 3.63) is 0 Å². The van der Waals surface area contributed by atoms with Gasteiger partial charge in [0.1, 0.15) is 11.6 Å². The summed E-state index contributed by atoms with van der Waals surface area (Å²) in [7, 11) is 1.31. The van der Waals surface area contributed by atoms with Gasteiger partial charge in [-0.25, -0.2) is 4.79 Å². The SMILES string of the molecule is COC(=O)[C@@]12CCCN1C(=O)[C@@H](O)C2.